The van der Waals surface area contributed by atoms with Crippen molar-refractivity contribution in [2.24, 2.45) is 0 Å². The Morgan fingerprint density at radius 1 is 1.33 bits per heavy atom. The van der Waals surface area contributed by atoms with Gasteiger partial charge in [0.25, 0.3) is 0 Å². The number of ether oxygens (including phenoxy) is 1. The lowest BCUT2D eigenvalue weighted by molar-refractivity contribution is -0.133. The number of rotatable bonds is 5. The number of nitrogens with one attached hydrogen (secondary N) is 2. The zero-order valence-corrected chi connectivity index (χ0v) is 16.5. The van der Waals surface area contributed by atoms with Crippen LogP contribution in [0.5, 0.6) is 0 Å². The fourth-order valence-electron chi connectivity index (χ4n) is 4.08. The smallest absolute Gasteiger partial charge is 0.351 e. The first-order valence-electron chi connectivity index (χ1n) is 9.34. The number of fused-ring (bicyclic) bond motifs is 1. The van der Waals surface area contributed by atoms with Gasteiger partial charge in [0, 0.05) is 31.1 Å². The molecule has 1 aliphatic rings. The van der Waals surface area contributed by atoms with Crippen molar-refractivity contribution in [1.82, 2.24) is 14.5 Å². The first-order valence-corrected chi connectivity index (χ1v) is 9.34. The predicted molar refractivity (Wildman–Crippen MR) is 106 cm³/mol. The van der Waals surface area contributed by atoms with Crippen molar-refractivity contribution in [2.45, 2.75) is 51.6 Å². The number of likely N-dealkylation sites (tertiary alicyclic amines) is 1. The maximum atomic E-state index is 12.5. The van der Waals surface area contributed by atoms with Crippen LogP contribution in [0, 0.1) is 12.3 Å². The first kappa shape index (κ1) is 19.4. The molecule has 3 rings (SSSR count). The van der Waals surface area contributed by atoms with Crippen molar-refractivity contribution in [1.29, 1.82) is 5.41 Å². The van der Waals surface area contributed by atoms with Crippen LogP contribution < -0.4 is 5.69 Å². The molecule has 146 valence electrons. The second kappa shape index (κ2) is 7.31. The standard InChI is InChI=1S/C20H28N4O3/c1-13-5-6-17-16(11-13)22-19(26)24(17)14-7-9-23(10-8-14)20(2,3)12-15(21)18(25)27-4/h5-6,11,14,21H,7-10,12H2,1-4H3,(H,22,26). The third kappa shape index (κ3) is 3.83. The van der Waals surface area contributed by atoms with Gasteiger partial charge in [-0.1, -0.05) is 6.07 Å². The third-order valence-corrected chi connectivity index (χ3v) is 5.60. The molecule has 2 aromatic rings. The molecule has 2 N–H and O–H groups in total. The second-order valence-electron chi connectivity index (χ2n) is 8.00. The lowest BCUT2D eigenvalue weighted by Crippen LogP contribution is -2.50. The molecule has 7 heteroatoms. The highest BCUT2D eigenvalue weighted by Crippen LogP contribution is 2.30. The van der Waals surface area contributed by atoms with E-state index in [1.165, 1.54) is 7.11 Å². The van der Waals surface area contributed by atoms with E-state index in [0.29, 0.717) is 6.42 Å². The number of aromatic nitrogens is 2. The Bertz CT molecular complexity index is 917. The number of imidazole rings is 1. The van der Waals surface area contributed by atoms with E-state index in [0.717, 1.165) is 42.5 Å². The predicted octanol–water partition coefficient (Wildman–Crippen LogP) is 2.64. The van der Waals surface area contributed by atoms with Crippen molar-refractivity contribution in [3.63, 3.8) is 0 Å². The maximum Gasteiger partial charge on any atom is 0.351 e. The van der Waals surface area contributed by atoms with Crippen LogP contribution in [-0.4, -0.2) is 51.9 Å². The van der Waals surface area contributed by atoms with Crippen LogP contribution in [-0.2, 0) is 9.53 Å². The number of carbonyl (C=O) groups is 1. The average Bonchev–Trinajstić information content (AvgIpc) is 2.95. The number of piperidine rings is 1. The van der Waals surface area contributed by atoms with Gasteiger partial charge >= 0.3 is 11.7 Å². The van der Waals surface area contributed by atoms with Crippen molar-refractivity contribution < 1.29 is 9.53 Å². The summed E-state index contributed by atoms with van der Waals surface area (Å²) in [6, 6.07) is 6.20. The van der Waals surface area contributed by atoms with Crippen LogP contribution in [0.4, 0.5) is 0 Å². The minimum absolute atomic E-state index is 0.00663. The molecule has 0 saturated carbocycles. The molecule has 1 saturated heterocycles. The van der Waals surface area contributed by atoms with Crippen molar-refractivity contribution in [3.8, 4) is 0 Å². The van der Waals surface area contributed by atoms with E-state index < -0.39 is 5.97 Å². The molecular weight excluding hydrogens is 344 g/mol. The Morgan fingerprint density at radius 2 is 2.00 bits per heavy atom. The molecule has 27 heavy (non-hydrogen) atoms. The van der Waals surface area contributed by atoms with Gasteiger partial charge in [-0.2, -0.15) is 0 Å². The summed E-state index contributed by atoms with van der Waals surface area (Å²) in [5, 5.41) is 7.91. The summed E-state index contributed by atoms with van der Waals surface area (Å²) in [6.07, 6.45) is 2.06. The van der Waals surface area contributed by atoms with Crippen molar-refractivity contribution in [2.75, 3.05) is 20.2 Å². The molecule has 0 atom stereocenters. The highest BCUT2D eigenvalue weighted by atomic mass is 16.5. The minimum atomic E-state index is -0.571. The van der Waals surface area contributed by atoms with E-state index in [1.807, 2.05) is 43.5 Å². The summed E-state index contributed by atoms with van der Waals surface area (Å²) in [5.74, 6) is -0.571. The monoisotopic (exact) mass is 372 g/mol. The number of hydrogen-bond donors (Lipinski definition) is 2. The lowest BCUT2D eigenvalue weighted by atomic mass is 9.91. The summed E-state index contributed by atoms with van der Waals surface area (Å²) in [5.41, 5.74) is 2.60. The Kier molecular flexibility index (Phi) is 5.24. The molecule has 0 spiro atoms. The molecule has 7 nitrogen and oxygen atoms in total. The highest BCUT2D eigenvalue weighted by molar-refractivity contribution is 6.35. The normalized spacial score (nSPS) is 16.6. The molecule has 1 aliphatic heterocycles. The number of hydrogen-bond acceptors (Lipinski definition) is 5. The van der Waals surface area contributed by atoms with Gasteiger partial charge < -0.3 is 9.72 Å². The minimum Gasteiger partial charge on any atom is -0.465 e. The van der Waals surface area contributed by atoms with Gasteiger partial charge in [-0.3, -0.25) is 14.9 Å². The van der Waals surface area contributed by atoms with E-state index in [1.54, 1.807) is 0 Å². The SMILES string of the molecule is COC(=O)C(=N)CC(C)(C)N1CCC(n2c(=O)[nH]c3cc(C)ccc32)CC1. The summed E-state index contributed by atoms with van der Waals surface area (Å²) >= 11 is 0. The number of benzene rings is 1. The Hall–Kier alpha value is -2.41. The fraction of sp³-hybridized carbons (Fsp3) is 0.550. The summed E-state index contributed by atoms with van der Waals surface area (Å²) < 4.78 is 6.53. The Morgan fingerprint density at radius 3 is 2.63 bits per heavy atom. The molecular formula is C20H28N4O3. The van der Waals surface area contributed by atoms with Gasteiger partial charge in [0.05, 0.1) is 18.1 Å². The molecule has 1 fully saturated rings. The van der Waals surface area contributed by atoms with Gasteiger partial charge in [0.15, 0.2) is 0 Å². The largest absolute Gasteiger partial charge is 0.465 e. The zero-order valence-electron chi connectivity index (χ0n) is 16.5. The molecule has 1 aromatic carbocycles. The van der Waals surface area contributed by atoms with Crippen LogP contribution in [0.3, 0.4) is 0 Å². The van der Waals surface area contributed by atoms with Gasteiger partial charge in [0.2, 0.25) is 0 Å². The van der Waals surface area contributed by atoms with Crippen LogP contribution in [0.1, 0.15) is 44.7 Å². The van der Waals surface area contributed by atoms with Crippen LogP contribution >= 0.6 is 0 Å². The van der Waals surface area contributed by atoms with Gasteiger partial charge in [0.1, 0.15) is 5.71 Å². The first-order chi connectivity index (χ1) is 12.7. The zero-order chi connectivity index (χ0) is 19.8. The van der Waals surface area contributed by atoms with E-state index in [-0.39, 0.29) is 23.0 Å². The fourth-order valence-corrected chi connectivity index (χ4v) is 4.08. The van der Waals surface area contributed by atoms with Gasteiger partial charge in [-0.25, -0.2) is 9.59 Å². The van der Waals surface area contributed by atoms with Crippen LogP contribution in [0.2, 0.25) is 0 Å². The van der Waals surface area contributed by atoms with Gasteiger partial charge in [-0.15, -0.1) is 0 Å². The number of esters is 1. The molecule has 0 radical (unpaired) electrons. The molecule has 0 amide bonds. The Labute approximate surface area is 158 Å². The number of aryl methyl sites for hydroxylation is 1. The van der Waals surface area contributed by atoms with Crippen LogP contribution in [0.15, 0.2) is 23.0 Å². The molecule has 1 aromatic heterocycles. The average molecular weight is 372 g/mol. The summed E-state index contributed by atoms with van der Waals surface area (Å²) in [7, 11) is 1.30. The second-order valence-corrected chi connectivity index (χ2v) is 8.00. The number of carbonyl (C=O) groups excluding carboxylic acids is 1. The topological polar surface area (TPSA) is 91.2 Å². The number of nitrogens with zero attached hydrogens (tertiary/aromatic N) is 2. The highest BCUT2D eigenvalue weighted by Gasteiger charge is 2.34. The van der Waals surface area contributed by atoms with Gasteiger partial charge in [-0.05, 0) is 51.3 Å². The van der Waals surface area contributed by atoms with Crippen molar-refractivity contribution >= 4 is 22.7 Å². The lowest BCUT2D eigenvalue weighted by Gasteiger charge is -2.43. The van der Waals surface area contributed by atoms with E-state index in [2.05, 4.69) is 14.6 Å². The number of aromatic amines is 1. The summed E-state index contributed by atoms with van der Waals surface area (Å²) in [6.45, 7) is 7.74. The molecule has 0 unspecified atom stereocenters. The van der Waals surface area contributed by atoms with E-state index >= 15 is 0 Å². The van der Waals surface area contributed by atoms with Crippen LogP contribution in [0.25, 0.3) is 11.0 Å². The molecule has 0 bridgehead atoms. The summed E-state index contributed by atoms with van der Waals surface area (Å²) in [4.78, 5) is 29.3. The molecule has 2 heterocycles. The van der Waals surface area contributed by atoms with E-state index in [4.69, 9.17) is 5.41 Å². The quantitative estimate of drug-likeness (QED) is 0.623. The maximum absolute atomic E-state index is 12.5. The van der Waals surface area contributed by atoms with Crippen molar-refractivity contribution in [3.05, 3.63) is 34.2 Å². The number of H-pyrrole nitrogens is 1. The molecule has 0 aliphatic carbocycles. The number of methoxy groups -OCH3 is 1. The third-order valence-electron chi connectivity index (χ3n) is 5.60. The van der Waals surface area contributed by atoms with E-state index in [9.17, 15) is 9.59 Å². The Balaban J connectivity index is 1.72.